The summed E-state index contributed by atoms with van der Waals surface area (Å²) in [7, 11) is -1.40. The average Bonchev–Trinajstić information content (AvgIpc) is 2.57. The van der Waals surface area contributed by atoms with Gasteiger partial charge in [0.15, 0.2) is 9.04 Å². The third kappa shape index (κ3) is 4.75. The number of carbonyl (C=O) groups is 1. The fourth-order valence-corrected chi connectivity index (χ4v) is 5.79. The number of thiocarbonyl (C=S) groups is 1. The van der Waals surface area contributed by atoms with Crippen LogP contribution in [0, 0.1) is 27.4 Å². The van der Waals surface area contributed by atoms with Crippen molar-refractivity contribution in [2.45, 2.75) is 65.8 Å². The van der Waals surface area contributed by atoms with E-state index in [1.165, 1.54) is 6.07 Å². The molecule has 0 unspecified atom stereocenters. The minimum absolute atomic E-state index is 0.0117. The summed E-state index contributed by atoms with van der Waals surface area (Å²) in [6.07, 6.45) is 0.332. The van der Waals surface area contributed by atoms with Crippen LogP contribution in [-0.2, 0) is 15.6 Å². The summed E-state index contributed by atoms with van der Waals surface area (Å²) in [6.45, 7) is 14.5. The molecule has 2 rings (SSSR count). The molecule has 0 radical (unpaired) electrons. The monoisotopic (exact) mass is 436 g/mol. The minimum atomic E-state index is -1.40. The molecule has 1 N–H and O–H groups in total. The first-order valence-corrected chi connectivity index (χ1v) is 13.2. The van der Waals surface area contributed by atoms with Crippen molar-refractivity contribution in [2.24, 2.45) is 17.3 Å². The second kappa shape index (κ2) is 8.61. The van der Waals surface area contributed by atoms with Crippen LogP contribution in [0.3, 0.4) is 0 Å². The zero-order valence-electron chi connectivity index (χ0n) is 18.3. The molecule has 1 aromatic carbocycles. The quantitative estimate of drug-likeness (QED) is 0.218. The van der Waals surface area contributed by atoms with E-state index < -0.39 is 14.6 Å². The lowest BCUT2D eigenvalue weighted by molar-refractivity contribution is -0.385. The van der Waals surface area contributed by atoms with Crippen molar-refractivity contribution < 1.29 is 14.1 Å². The molecule has 1 aliphatic heterocycles. The van der Waals surface area contributed by atoms with Crippen LogP contribution in [0.5, 0.6) is 0 Å². The van der Waals surface area contributed by atoms with Gasteiger partial charge in [0.2, 0.25) is 5.91 Å². The van der Waals surface area contributed by atoms with Gasteiger partial charge in [-0.2, -0.15) is 0 Å². The van der Waals surface area contributed by atoms with E-state index in [0.717, 1.165) is 0 Å². The highest BCUT2D eigenvalue weighted by Crippen LogP contribution is 2.46. The second-order valence-corrected chi connectivity index (χ2v) is 12.2. The molecule has 29 heavy (non-hydrogen) atoms. The number of hydrogen-bond acceptors (Lipinski definition) is 5. The molecule has 1 amide bonds. The number of rotatable bonds is 8. The third-order valence-corrected chi connectivity index (χ3v) is 7.59. The Labute approximate surface area is 180 Å². The van der Waals surface area contributed by atoms with E-state index in [-0.39, 0.29) is 39.8 Å². The number of hydrogen-bond donors (Lipinski definition) is 1. The van der Waals surface area contributed by atoms with Crippen molar-refractivity contribution in [3.63, 3.8) is 0 Å². The number of carbonyl (C=O) groups excluding carboxylic acids is 1. The molecule has 0 bridgehead atoms. The van der Waals surface area contributed by atoms with Gasteiger partial charge in [-0.15, -0.1) is 0 Å². The fourth-order valence-electron chi connectivity index (χ4n) is 4.00. The number of para-hydroxylation sites is 1. The van der Waals surface area contributed by atoms with E-state index in [4.69, 9.17) is 16.6 Å². The Hall–Kier alpha value is -1.64. The van der Waals surface area contributed by atoms with Crippen LogP contribution in [0.2, 0.25) is 13.1 Å². The van der Waals surface area contributed by atoms with Gasteiger partial charge in [-0.05, 0) is 25.4 Å². The molecule has 0 spiro atoms. The van der Waals surface area contributed by atoms with E-state index >= 15 is 0 Å². The van der Waals surface area contributed by atoms with Crippen LogP contribution in [0.15, 0.2) is 24.3 Å². The molecule has 1 fully saturated rings. The van der Waals surface area contributed by atoms with Crippen molar-refractivity contribution >= 4 is 37.7 Å². The number of amides is 1. The van der Waals surface area contributed by atoms with Gasteiger partial charge < -0.3 is 9.74 Å². The van der Waals surface area contributed by atoms with Crippen LogP contribution < -0.4 is 5.32 Å². The number of nitro benzene ring substituents is 1. The number of nitro groups is 1. The summed E-state index contributed by atoms with van der Waals surface area (Å²) in [4.78, 5) is 24.3. The number of nitrogens with zero attached hydrogens (tertiary/aromatic N) is 1. The second-order valence-electron chi connectivity index (χ2n) is 9.35. The molecule has 0 aliphatic carbocycles. The normalized spacial score (nSPS) is 22.4. The summed E-state index contributed by atoms with van der Waals surface area (Å²) >= 11 is 5.67. The maximum Gasteiger partial charge on any atom is 0.272 e. The van der Waals surface area contributed by atoms with E-state index in [9.17, 15) is 14.9 Å². The highest BCUT2D eigenvalue weighted by Gasteiger charge is 2.58. The summed E-state index contributed by atoms with van der Waals surface area (Å²) in [5, 5.41) is 14.3. The van der Waals surface area contributed by atoms with Gasteiger partial charge in [-0.1, -0.05) is 58.1 Å². The SMILES string of the molecule is C[C@@H](C(=S)Cc1ccccc1[N+](=O)[O-])[C@H]1NC(=O)[C@@H]1[C@@](C)(O[SiH](C)C)C(C)(C)C. The molecule has 1 saturated heterocycles. The van der Waals surface area contributed by atoms with Gasteiger partial charge in [0.05, 0.1) is 22.5 Å². The van der Waals surface area contributed by atoms with Crippen molar-refractivity contribution in [1.29, 1.82) is 0 Å². The van der Waals surface area contributed by atoms with Crippen LogP contribution in [0.25, 0.3) is 0 Å². The average molecular weight is 437 g/mol. The summed E-state index contributed by atoms with van der Waals surface area (Å²) in [5.41, 5.74) is -0.168. The lowest BCUT2D eigenvalue weighted by Crippen LogP contribution is -2.72. The van der Waals surface area contributed by atoms with Gasteiger partial charge >= 0.3 is 0 Å². The summed E-state index contributed by atoms with van der Waals surface area (Å²) < 4.78 is 6.45. The maximum absolute atomic E-state index is 12.6. The van der Waals surface area contributed by atoms with E-state index in [0.29, 0.717) is 16.8 Å². The zero-order chi connectivity index (χ0) is 22.1. The number of nitrogens with one attached hydrogen (secondary N) is 1. The first-order valence-electron chi connectivity index (χ1n) is 10.0. The predicted molar refractivity (Wildman–Crippen MR) is 122 cm³/mol. The first kappa shape index (κ1) is 23.6. The van der Waals surface area contributed by atoms with Crippen LogP contribution in [0.4, 0.5) is 5.69 Å². The van der Waals surface area contributed by atoms with Crippen LogP contribution in [0.1, 0.15) is 40.2 Å². The Morgan fingerprint density at radius 2 is 1.90 bits per heavy atom. The van der Waals surface area contributed by atoms with E-state index in [1.807, 2.05) is 13.8 Å². The van der Waals surface area contributed by atoms with Crippen molar-refractivity contribution in [1.82, 2.24) is 5.32 Å². The molecule has 8 heteroatoms. The Morgan fingerprint density at radius 3 is 2.38 bits per heavy atom. The highest BCUT2D eigenvalue weighted by atomic mass is 32.1. The van der Waals surface area contributed by atoms with E-state index in [2.05, 4.69) is 39.2 Å². The lowest BCUT2D eigenvalue weighted by Gasteiger charge is -2.55. The summed E-state index contributed by atoms with van der Waals surface area (Å²) in [6, 6.07) is 6.52. The smallest absolute Gasteiger partial charge is 0.272 e. The molecular weight excluding hydrogens is 404 g/mol. The molecular formula is C21H32N2O4SSi. The topological polar surface area (TPSA) is 81.5 Å². The molecule has 0 saturated carbocycles. The van der Waals surface area contributed by atoms with Crippen molar-refractivity contribution in [3.05, 3.63) is 39.9 Å². The van der Waals surface area contributed by atoms with Crippen LogP contribution in [-0.4, -0.2) is 36.4 Å². The molecule has 6 nitrogen and oxygen atoms in total. The van der Waals surface area contributed by atoms with Crippen molar-refractivity contribution in [3.8, 4) is 0 Å². The Bertz CT molecular complexity index is 808. The number of β-lactam (4-membered cyclic amide) rings is 1. The van der Waals surface area contributed by atoms with Gasteiger partial charge in [0.1, 0.15) is 0 Å². The lowest BCUT2D eigenvalue weighted by atomic mass is 9.62. The van der Waals surface area contributed by atoms with E-state index in [1.54, 1.807) is 18.2 Å². The zero-order valence-corrected chi connectivity index (χ0v) is 20.3. The maximum atomic E-state index is 12.6. The van der Waals surface area contributed by atoms with Gasteiger partial charge in [0.25, 0.3) is 5.69 Å². The fraction of sp³-hybridized carbons (Fsp3) is 0.619. The molecule has 1 heterocycles. The number of benzene rings is 1. The Morgan fingerprint density at radius 1 is 1.31 bits per heavy atom. The Kier molecular flexibility index (Phi) is 7.02. The third-order valence-electron chi connectivity index (χ3n) is 6.11. The molecule has 4 atom stereocenters. The minimum Gasteiger partial charge on any atom is -0.414 e. The highest BCUT2D eigenvalue weighted by molar-refractivity contribution is 7.80. The standard InChI is InChI=1S/C21H32N2O4SSi/c1-13(16(28)12-14-10-8-9-11-15(14)23(25)26)18-17(19(24)22-18)21(5,20(2,3)4)27-29(6)7/h8-11,13,17-18,29H,12H2,1-7H3,(H,22,24)/t13-,17+,18+,21+/m0/s1. The molecule has 0 aromatic heterocycles. The van der Waals surface area contributed by atoms with Gasteiger partial charge in [-0.25, -0.2) is 0 Å². The molecule has 1 aromatic rings. The van der Waals surface area contributed by atoms with Gasteiger partial charge in [0, 0.05) is 28.8 Å². The molecule has 1 aliphatic rings. The molecule has 160 valence electrons. The summed E-state index contributed by atoms with van der Waals surface area (Å²) in [5.74, 6) is -0.426. The largest absolute Gasteiger partial charge is 0.414 e. The predicted octanol–water partition coefficient (Wildman–Crippen LogP) is 4.06. The first-order chi connectivity index (χ1) is 13.3. The Balaban J connectivity index is 2.26. The van der Waals surface area contributed by atoms with Crippen molar-refractivity contribution in [2.75, 3.05) is 0 Å². The van der Waals surface area contributed by atoms with Gasteiger partial charge in [-0.3, -0.25) is 14.9 Å². The van der Waals surface area contributed by atoms with Crippen LogP contribution >= 0.6 is 12.2 Å².